The summed E-state index contributed by atoms with van der Waals surface area (Å²) < 4.78 is 31.5. The van der Waals surface area contributed by atoms with Crippen LogP contribution in [0.2, 0.25) is 0 Å². The van der Waals surface area contributed by atoms with Crippen LogP contribution in [0, 0.1) is 0 Å². The van der Waals surface area contributed by atoms with Gasteiger partial charge in [-0.2, -0.15) is 0 Å². The highest BCUT2D eigenvalue weighted by Crippen LogP contribution is 2.33. The monoisotopic (exact) mass is 484 g/mol. The van der Waals surface area contributed by atoms with Gasteiger partial charge in [-0.25, -0.2) is 0 Å². The van der Waals surface area contributed by atoms with Gasteiger partial charge in [0.05, 0.1) is 33.0 Å². The highest BCUT2D eigenvalue weighted by Gasteiger charge is 2.41. The molecule has 1 saturated heterocycles. The van der Waals surface area contributed by atoms with Crippen LogP contribution in [0.15, 0.2) is 115 Å². The van der Waals surface area contributed by atoms with E-state index in [-0.39, 0.29) is 6.10 Å². The largest absolute Gasteiger partial charge is 0.374 e. The van der Waals surface area contributed by atoms with Crippen LogP contribution in [0.5, 0.6) is 0 Å². The van der Waals surface area contributed by atoms with Crippen LogP contribution in [0.4, 0.5) is 0 Å². The van der Waals surface area contributed by atoms with Crippen molar-refractivity contribution in [2.75, 3.05) is 13.2 Å². The number of hydrogen-bond donors (Lipinski definition) is 0. The molecule has 0 unspecified atom stereocenters. The van der Waals surface area contributed by atoms with Gasteiger partial charge in [-0.15, -0.1) is 0 Å². The van der Waals surface area contributed by atoms with E-state index >= 15 is 0 Å². The molecule has 2 heterocycles. The maximum absolute atomic E-state index is 6.51. The molecule has 0 bridgehead atoms. The average molecular weight is 485 g/mol. The molecule has 3 aromatic carbocycles. The van der Waals surface area contributed by atoms with E-state index in [2.05, 4.69) is 36.9 Å². The van der Waals surface area contributed by atoms with Gasteiger partial charge in [0.25, 0.3) is 0 Å². The van der Waals surface area contributed by atoms with E-state index in [0.717, 1.165) is 27.8 Å². The Morgan fingerprint density at radius 1 is 0.722 bits per heavy atom. The van der Waals surface area contributed by atoms with Crippen molar-refractivity contribution in [1.82, 2.24) is 0 Å². The quantitative estimate of drug-likeness (QED) is 0.374. The van der Waals surface area contributed by atoms with Crippen LogP contribution in [0.25, 0.3) is 0 Å². The van der Waals surface area contributed by atoms with Crippen LogP contribution in [0.3, 0.4) is 0 Å². The molecule has 0 aromatic heterocycles. The Morgan fingerprint density at radius 2 is 1.28 bits per heavy atom. The molecule has 1 fully saturated rings. The molecule has 0 saturated carbocycles. The molecule has 0 radical (unpaired) electrons. The van der Waals surface area contributed by atoms with Crippen LogP contribution < -0.4 is 0 Å². The average Bonchev–Trinajstić information content (AvgIpc) is 3.18. The van der Waals surface area contributed by atoms with Crippen molar-refractivity contribution in [1.29, 1.82) is 0 Å². The number of rotatable bonds is 10. The van der Waals surface area contributed by atoms with Crippen molar-refractivity contribution in [2.45, 2.75) is 44.4 Å². The standard InChI is InChI=1S/C31H32O5/c1-23-18-35-31-27(23)17-28(33-20-25-13-7-3-8-14-25)30(34-21-26-15-9-4-10-16-26)29(36-31)22-32-19-24-11-5-2-6-12-24/h2-17,28-31H,1,18-22H2/t28-,29-,30+,31+/m1/s1. The topological polar surface area (TPSA) is 46.2 Å². The molecule has 0 aliphatic carbocycles. The summed E-state index contributed by atoms with van der Waals surface area (Å²) in [5.41, 5.74) is 5.11. The van der Waals surface area contributed by atoms with Crippen molar-refractivity contribution in [3.63, 3.8) is 0 Å². The lowest BCUT2D eigenvalue weighted by atomic mass is 10.0. The second kappa shape index (κ2) is 12.3. The molecule has 0 amide bonds. The molecule has 0 N–H and O–H groups in total. The first-order valence-electron chi connectivity index (χ1n) is 12.4. The van der Waals surface area contributed by atoms with Crippen molar-refractivity contribution < 1.29 is 23.7 Å². The predicted octanol–water partition coefficient (Wildman–Crippen LogP) is 5.61. The van der Waals surface area contributed by atoms with Crippen molar-refractivity contribution in [3.05, 3.63) is 131 Å². The fraction of sp³-hybridized carbons (Fsp3) is 0.290. The van der Waals surface area contributed by atoms with E-state index in [1.807, 2.05) is 66.7 Å². The lowest BCUT2D eigenvalue weighted by Gasteiger charge is -2.31. The molecule has 3 aromatic rings. The van der Waals surface area contributed by atoms with Gasteiger partial charge in [-0.3, -0.25) is 0 Å². The SMILES string of the molecule is C=C1CO[C@H]2O[C@H](COCc3ccccc3)[C@@H](OCc3ccccc3)[C@H](OCc3ccccc3)C=C12. The van der Waals surface area contributed by atoms with Crippen LogP contribution >= 0.6 is 0 Å². The van der Waals surface area contributed by atoms with Crippen LogP contribution in [-0.4, -0.2) is 37.8 Å². The summed E-state index contributed by atoms with van der Waals surface area (Å²) in [6.45, 7) is 6.33. The molecule has 2 aliphatic rings. The minimum absolute atomic E-state index is 0.340. The first-order chi connectivity index (χ1) is 17.8. The van der Waals surface area contributed by atoms with Crippen molar-refractivity contribution in [2.24, 2.45) is 0 Å². The van der Waals surface area contributed by atoms with E-state index in [4.69, 9.17) is 23.7 Å². The fourth-order valence-electron chi connectivity index (χ4n) is 4.42. The molecule has 5 heteroatoms. The summed E-state index contributed by atoms with van der Waals surface area (Å²) in [6, 6.07) is 30.4. The molecule has 5 nitrogen and oxygen atoms in total. The minimum atomic E-state index is -0.504. The van der Waals surface area contributed by atoms with E-state index < -0.39 is 18.5 Å². The summed E-state index contributed by atoms with van der Waals surface area (Å²) in [7, 11) is 0. The van der Waals surface area contributed by atoms with Crippen LogP contribution in [-0.2, 0) is 43.5 Å². The minimum Gasteiger partial charge on any atom is -0.374 e. The smallest absolute Gasteiger partial charge is 0.184 e. The van der Waals surface area contributed by atoms with E-state index in [0.29, 0.717) is 33.0 Å². The molecular weight excluding hydrogens is 452 g/mol. The third-order valence-corrected chi connectivity index (χ3v) is 6.37. The van der Waals surface area contributed by atoms with Gasteiger partial charge < -0.3 is 23.7 Å². The van der Waals surface area contributed by atoms with Crippen molar-refractivity contribution in [3.8, 4) is 0 Å². The Bertz CT molecular complexity index is 1130. The third kappa shape index (κ3) is 6.38. The summed E-state index contributed by atoms with van der Waals surface area (Å²) in [5.74, 6) is 0. The molecule has 0 spiro atoms. The Balaban J connectivity index is 1.37. The lowest BCUT2D eigenvalue weighted by molar-refractivity contribution is -0.198. The summed E-state index contributed by atoms with van der Waals surface area (Å²) in [6.07, 6.45) is 0.395. The van der Waals surface area contributed by atoms with E-state index in [1.165, 1.54) is 0 Å². The van der Waals surface area contributed by atoms with Gasteiger partial charge in [-0.05, 0) is 28.3 Å². The Labute approximate surface area is 212 Å². The maximum atomic E-state index is 6.51. The lowest BCUT2D eigenvalue weighted by Crippen LogP contribution is -2.44. The van der Waals surface area contributed by atoms with Gasteiger partial charge in [0.2, 0.25) is 0 Å². The van der Waals surface area contributed by atoms with Gasteiger partial charge in [0.1, 0.15) is 18.3 Å². The maximum Gasteiger partial charge on any atom is 0.184 e. The van der Waals surface area contributed by atoms with Crippen molar-refractivity contribution >= 4 is 0 Å². The second-order valence-corrected chi connectivity index (χ2v) is 9.07. The Kier molecular flexibility index (Phi) is 8.39. The number of ether oxygens (including phenoxy) is 5. The zero-order chi connectivity index (χ0) is 24.6. The molecule has 4 atom stereocenters. The van der Waals surface area contributed by atoms with Gasteiger partial charge in [0.15, 0.2) is 6.29 Å². The Hall–Kier alpha value is -3.06. The molecular formula is C31H32O5. The number of fused-ring (bicyclic) bond motifs is 1. The normalized spacial score (nSPS) is 23.7. The van der Waals surface area contributed by atoms with E-state index in [9.17, 15) is 0 Å². The second-order valence-electron chi connectivity index (χ2n) is 9.07. The first kappa shape index (κ1) is 24.6. The summed E-state index contributed by atoms with van der Waals surface area (Å²) >= 11 is 0. The predicted molar refractivity (Wildman–Crippen MR) is 138 cm³/mol. The fourth-order valence-corrected chi connectivity index (χ4v) is 4.42. The highest BCUT2D eigenvalue weighted by molar-refractivity contribution is 5.36. The molecule has 2 aliphatic heterocycles. The van der Waals surface area contributed by atoms with Crippen LogP contribution in [0.1, 0.15) is 16.7 Å². The molecule has 186 valence electrons. The molecule has 36 heavy (non-hydrogen) atoms. The Morgan fingerprint density at radius 3 is 1.89 bits per heavy atom. The van der Waals surface area contributed by atoms with E-state index in [1.54, 1.807) is 0 Å². The summed E-state index contributed by atoms with van der Waals surface area (Å²) in [4.78, 5) is 0. The molecule has 5 rings (SSSR count). The number of hydrogen-bond acceptors (Lipinski definition) is 5. The zero-order valence-corrected chi connectivity index (χ0v) is 20.3. The zero-order valence-electron chi connectivity index (χ0n) is 20.3. The van der Waals surface area contributed by atoms with Gasteiger partial charge in [0, 0.05) is 5.57 Å². The van der Waals surface area contributed by atoms with Gasteiger partial charge >= 0.3 is 0 Å². The first-order valence-corrected chi connectivity index (χ1v) is 12.4. The summed E-state index contributed by atoms with van der Waals surface area (Å²) in [5, 5.41) is 0. The number of benzene rings is 3. The van der Waals surface area contributed by atoms with Gasteiger partial charge in [-0.1, -0.05) is 97.6 Å². The third-order valence-electron chi connectivity index (χ3n) is 6.37. The highest BCUT2D eigenvalue weighted by atomic mass is 16.7.